The number of hydrogen-bond acceptors (Lipinski definition) is 7. The summed E-state index contributed by atoms with van der Waals surface area (Å²) in [7, 11) is 0. The van der Waals surface area contributed by atoms with Crippen molar-refractivity contribution in [2.24, 2.45) is 0 Å². The van der Waals surface area contributed by atoms with Crippen molar-refractivity contribution in [2.45, 2.75) is 13.8 Å². The second-order valence-electron chi connectivity index (χ2n) is 7.44. The fraction of sp³-hybridized carbons (Fsp3) is 0.120. The molecule has 0 fully saturated rings. The molecule has 0 unspecified atom stereocenters. The standard InChI is InChI=1S/C25H25N7O/c1-17-10-9-15-21(18(17)2)29-22(33)16-26-23-30-24(27-19-11-5-3-6-12-19)32-25(31-23)28-20-13-7-4-8-14-20/h3-15H,16H2,1-2H3,(H,29,33)(H3,26,27,28,30,31,32). The number of para-hydroxylation sites is 2. The Labute approximate surface area is 192 Å². The summed E-state index contributed by atoms with van der Waals surface area (Å²) in [6.07, 6.45) is 0. The number of benzene rings is 3. The second kappa shape index (κ2) is 10.2. The van der Waals surface area contributed by atoms with Crippen LogP contribution in [0.4, 0.5) is 34.9 Å². The minimum absolute atomic E-state index is 0.00689. The number of aryl methyl sites for hydroxylation is 1. The van der Waals surface area contributed by atoms with Gasteiger partial charge in [0.05, 0.1) is 6.54 Å². The molecule has 0 atom stereocenters. The van der Waals surface area contributed by atoms with Gasteiger partial charge >= 0.3 is 0 Å². The van der Waals surface area contributed by atoms with Gasteiger partial charge in [-0.25, -0.2) is 0 Å². The Morgan fingerprint density at radius 1 is 0.697 bits per heavy atom. The molecule has 1 aromatic heterocycles. The highest BCUT2D eigenvalue weighted by Gasteiger charge is 2.10. The van der Waals surface area contributed by atoms with E-state index in [9.17, 15) is 4.79 Å². The van der Waals surface area contributed by atoms with Gasteiger partial charge in [0, 0.05) is 17.1 Å². The van der Waals surface area contributed by atoms with Crippen molar-refractivity contribution in [2.75, 3.05) is 27.8 Å². The van der Waals surface area contributed by atoms with Gasteiger partial charge in [0.1, 0.15) is 0 Å². The van der Waals surface area contributed by atoms with Gasteiger partial charge in [-0.1, -0.05) is 48.5 Å². The summed E-state index contributed by atoms with van der Waals surface area (Å²) in [5.41, 5.74) is 4.62. The first-order valence-corrected chi connectivity index (χ1v) is 10.6. The van der Waals surface area contributed by atoms with Gasteiger partial charge in [-0.3, -0.25) is 4.79 Å². The summed E-state index contributed by atoms with van der Waals surface area (Å²) < 4.78 is 0. The van der Waals surface area contributed by atoms with Crippen LogP contribution >= 0.6 is 0 Å². The van der Waals surface area contributed by atoms with E-state index in [4.69, 9.17) is 0 Å². The van der Waals surface area contributed by atoms with Crippen molar-refractivity contribution in [3.05, 3.63) is 90.0 Å². The van der Waals surface area contributed by atoms with Crippen LogP contribution in [0, 0.1) is 13.8 Å². The zero-order valence-corrected chi connectivity index (χ0v) is 18.5. The molecule has 0 saturated heterocycles. The lowest BCUT2D eigenvalue weighted by molar-refractivity contribution is -0.114. The molecule has 166 valence electrons. The quantitative estimate of drug-likeness (QED) is 0.305. The van der Waals surface area contributed by atoms with Crippen molar-refractivity contribution in [1.29, 1.82) is 0 Å². The molecule has 1 heterocycles. The molecule has 0 spiro atoms. The molecule has 3 aromatic carbocycles. The number of aromatic nitrogens is 3. The lowest BCUT2D eigenvalue weighted by Crippen LogP contribution is -2.23. The lowest BCUT2D eigenvalue weighted by atomic mass is 10.1. The van der Waals surface area contributed by atoms with Crippen molar-refractivity contribution in [3.63, 3.8) is 0 Å². The molecule has 4 rings (SSSR count). The third-order valence-corrected chi connectivity index (χ3v) is 4.98. The van der Waals surface area contributed by atoms with Crippen LogP contribution in [0.2, 0.25) is 0 Å². The number of anilines is 6. The van der Waals surface area contributed by atoms with E-state index in [0.29, 0.717) is 11.9 Å². The fourth-order valence-electron chi connectivity index (χ4n) is 3.11. The summed E-state index contributed by atoms with van der Waals surface area (Å²) in [5, 5.41) is 12.3. The Bertz CT molecular complexity index is 1170. The molecular formula is C25H25N7O. The number of rotatable bonds is 8. The predicted octanol–water partition coefficient (Wildman–Crippen LogP) is 5.03. The first-order valence-electron chi connectivity index (χ1n) is 10.6. The molecule has 0 aliphatic rings. The molecule has 4 N–H and O–H groups in total. The number of carbonyl (C=O) groups excluding carboxylic acids is 1. The van der Waals surface area contributed by atoms with Gasteiger partial charge in [0.15, 0.2) is 0 Å². The molecule has 1 amide bonds. The number of amides is 1. The van der Waals surface area contributed by atoms with Crippen LogP contribution in [-0.4, -0.2) is 27.4 Å². The summed E-state index contributed by atoms with van der Waals surface area (Å²) in [6.45, 7) is 4.00. The maximum Gasteiger partial charge on any atom is 0.243 e. The van der Waals surface area contributed by atoms with Crippen molar-refractivity contribution in [3.8, 4) is 0 Å². The van der Waals surface area contributed by atoms with Crippen molar-refractivity contribution >= 4 is 40.8 Å². The van der Waals surface area contributed by atoms with Gasteiger partial charge in [-0.05, 0) is 55.3 Å². The SMILES string of the molecule is Cc1cccc(NC(=O)CNc2nc(Nc3ccccc3)nc(Nc3ccccc3)n2)c1C. The lowest BCUT2D eigenvalue weighted by Gasteiger charge is -2.13. The van der Waals surface area contributed by atoms with Crippen LogP contribution in [0.1, 0.15) is 11.1 Å². The Hall–Kier alpha value is -4.46. The third-order valence-electron chi connectivity index (χ3n) is 4.98. The average molecular weight is 440 g/mol. The Morgan fingerprint density at radius 2 is 1.24 bits per heavy atom. The van der Waals surface area contributed by atoms with E-state index >= 15 is 0 Å². The molecule has 33 heavy (non-hydrogen) atoms. The predicted molar refractivity (Wildman–Crippen MR) is 132 cm³/mol. The molecule has 4 aromatic rings. The number of nitrogens with zero attached hydrogens (tertiary/aromatic N) is 3. The monoisotopic (exact) mass is 439 g/mol. The largest absolute Gasteiger partial charge is 0.345 e. The Balaban J connectivity index is 1.50. The van der Waals surface area contributed by atoms with Gasteiger partial charge in [-0.2, -0.15) is 15.0 Å². The highest BCUT2D eigenvalue weighted by Crippen LogP contribution is 2.19. The van der Waals surface area contributed by atoms with Gasteiger partial charge in [0.25, 0.3) is 0 Å². The van der Waals surface area contributed by atoms with E-state index in [0.717, 1.165) is 28.2 Å². The Morgan fingerprint density at radius 3 is 1.82 bits per heavy atom. The van der Waals surface area contributed by atoms with Gasteiger partial charge in [0.2, 0.25) is 23.8 Å². The van der Waals surface area contributed by atoms with Gasteiger partial charge in [-0.15, -0.1) is 0 Å². The maximum atomic E-state index is 12.5. The summed E-state index contributed by atoms with van der Waals surface area (Å²) >= 11 is 0. The molecule has 0 radical (unpaired) electrons. The number of nitrogens with one attached hydrogen (secondary N) is 4. The second-order valence-corrected chi connectivity index (χ2v) is 7.44. The molecule has 0 aliphatic heterocycles. The number of hydrogen-bond donors (Lipinski definition) is 4. The average Bonchev–Trinajstić information content (AvgIpc) is 2.82. The maximum absolute atomic E-state index is 12.5. The fourth-order valence-corrected chi connectivity index (χ4v) is 3.11. The summed E-state index contributed by atoms with van der Waals surface area (Å²) in [4.78, 5) is 25.8. The molecule has 8 heteroatoms. The molecular weight excluding hydrogens is 414 g/mol. The highest BCUT2D eigenvalue weighted by atomic mass is 16.1. The van der Waals surface area contributed by atoms with Crippen molar-refractivity contribution < 1.29 is 4.79 Å². The smallest absolute Gasteiger partial charge is 0.243 e. The first kappa shape index (κ1) is 21.8. The van der Waals surface area contributed by atoms with Crippen LogP contribution in [0.25, 0.3) is 0 Å². The Kier molecular flexibility index (Phi) is 6.75. The molecule has 8 nitrogen and oxygen atoms in total. The van der Waals surface area contributed by atoms with E-state index in [1.165, 1.54) is 0 Å². The zero-order chi connectivity index (χ0) is 23.0. The van der Waals surface area contributed by atoms with E-state index in [2.05, 4.69) is 36.2 Å². The minimum atomic E-state index is -0.195. The van der Waals surface area contributed by atoms with Crippen molar-refractivity contribution in [1.82, 2.24) is 15.0 Å². The minimum Gasteiger partial charge on any atom is -0.345 e. The van der Waals surface area contributed by atoms with E-state index in [1.807, 2.05) is 92.7 Å². The van der Waals surface area contributed by atoms with Crippen LogP contribution in [0.3, 0.4) is 0 Å². The van der Waals surface area contributed by atoms with E-state index in [1.54, 1.807) is 0 Å². The summed E-state index contributed by atoms with van der Waals surface area (Å²) in [6, 6.07) is 25.0. The van der Waals surface area contributed by atoms with E-state index < -0.39 is 0 Å². The third kappa shape index (κ3) is 6.04. The normalized spacial score (nSPS) is 10.4. The molecule has 0 aliphatic carbocycles. The molecule has 0 bridgehead atoms. The first-order chi connectivity index (χ1) is 16.1. The van der Waals surface area contributed by atoms with Crippen LogP contribution in [-0.2, 0) is 4.79 Å². The summed E-state index contributed by atoms with van der Waals surface area (Å²) in [5.74, 6) is 0.788. The van der Waals surface area contributed by atoms with Crippen LogP contribution in [0.5, 0.6) is 0 Å². The topological polar surface area (TPSA) is 104 Å². The highest BCUT2D eigenvalue weighted by molar-refractivity contribution is 5.94. The van der Waals surface area contributed by atoms with E-state index in [-0.39, 0.29) is 18.4 Å². The van der Waals surface area contributed by atoms with Crippen LogP contribution < -0.4 is 21.3 Å². The van der Waals surface area contributed by atoms with Gasteiger partial charge < -0.3 is 21.3 Å². The number of carbonyl (C=O) groups is 1. The molecule has 0 saturated carbocycles. The van der Waals surface area contributed by atoms with Crippen LogP contribution in [0.15, 0.2) is 78.9 Å². The zero-order valence-electron chi connectivity index (χ0n) is 18.5.